The number of benzene rings is 2. The summed E-state index contributed by atoms with van der Waals surface area (Å²) in [5.74, 6) is 0.808. The lowest BCUT2D eigenvalue weighted by Crippen LogP contribution is -2.32. The second-order valence-electron chi connectivity index (χ2n) is 4.79. The number of nitrogens with one attached hydrogen (secondary N) is 1. The first-order valence-corrected chi connectivity index (χ1v) is 6.44. The molecule has 0 amide bonds. The summed E-state index contributed by atoms with van der Waals surface area (Å²) >= 11 is 0. The number of hydrogen-bond acceptors (Lipinski definition) is 3. The molecule has 0 fully saturated rings. The van der Waals surface area contributed by atoms with Crippen LogP contribution in [0.4, 0.5) is 5.69 Å². The van der Waals surface area contributed by atoms with Crippen LogP contribution in [0.2, 0.25) is 0 Å². The van der Waals surface area contributed by atoms with Crippen LogP contribution in [0.15, 0.2) is 48.5 Å². The summed E-state index contributed by atoms with van der Waals surface area (Å²) in [5.41, 5.74) is 3.29. The quantitative estimate of drug-likeness (QED) is 0.866. The minimum atomic E-state index is -0.429. The third kappa shape index (κ3) is 2.17. The molecule has 0 radical (unpaired) electrons. The number of methoxy groups -OCH3 is 1. The van der Waals surface area contributed by atoms with Gasteiger partial charge in [0.2, 0.25) is 0 Å². The maximum Gasteiger partial charge on any atom is 0.119 e. The van der Waals surface area contributed by atoms with Crippen LogP contribution in [-0.4, -0.2) is 24.9 Å². The third-order valence-corrected chi connectivity index (χ3v) is 3.64. The van der Waals surface area contributed by atoms with Crippen molar-refractivity contribution in [2.24, 2.45) is 0 Å². The molecule has 3 rings (SSSR count). The van der Waals surface area contributed by atoms with Crippen LogP contribution >= 0.6 is 0 Å². The third-order valence-electron chi connectivity index (χ3n) is 3.64. The molecule has 3 nitrogen and oxygen atoms in total. The van der Waals surface area contributed by atoms with Crippen molar-refractivity contribution in [2.75, 3.05) is 19.0 Å². The lowest BCUT2D eigenvalue weighted by molar-refractivity contribution is 0.165. The van der Waals surface area contributed by atoms with Gasteiger partial charge in [-0.05, 0) is 29.3 Å². The monoisotopic (exact) mass is 255 g/mol. The van der Waals surface area contributed by atoms with E-state index < -0.39 is 6.10 Å². The largest absolute Gasteiger partial charge is 0.497 e. The summed E-state index contributed by atoms with van der Waals surface area (Å²) in [4.78, 5) is 0. The summed E-state index contributed by atoms with van der Waals surface area (Å²) < 4.78 is 5.29. The fourth-order valence-corrected chi connectivity index (χ4v) is 2.69. The van der Waals surface area contributed by atoms with E-state index >= 15 is 0 Å². The Bertz CT molecular complexity index is 568. The molecule has 1 aliphatic heterocycles. The van der Waals surface area contributed by atoms with Gasteiger partial charge in [-0.1, -0.05) is 30.3 Å². The van der Waals surface area contributed by atoms with E-state index in [4.69, 9.17) is 4.74 Å². The van der Waals surface area contributed by atoms with Crippen LogP contribution in [0.5, 0.6) is 5.75 Å². The predicted molar refractivity (Wildman–Crippen MR) is 75.8 cm³/mol. The lowest BCUT2D eigenvalue weighted by Gasteiger charge is -2.32. The van der Waals surface area contributed by atoms with E-state index in [-0.39, 0.29) is 5.92 Å². The molecule has 98 valence electrons. The van der Waals surface area contributed by atoms with Gasteiger partial charge in [-0.3, -0.25) is 0 Å². The molecule has 2 aromatic carbocycles. The average Bonchev–Trinajstić information content (AvgIpc) is 2.47. The van der Waals surface area contributed by atoms with E-state index in [0.29, 0.717) is 6.54 Å². The average molecular weight is 255 g/mol. The van der Waals surface area contributed by atoms with Crippen molar-refractivity contribution in [1.82, 2.24) is 0 Å². The fraction of sp³-hybridized carbons (Fsp3) is 0.250. The Balaban J connectivity index is 2.10. The Kier molecular flexibility index (Phi) is 3.13. The van der Waals surface area contributed by atoms with Crippen LogP contribution in [0.3, 0.4) is 0 Å². The maximum atomic E-state index is 10.3. The Morgan fingerprint density at radius 3 is 2.68 bits per heavy atom. The van der Waals surface area contributed by atoms with Gasteiger partial charge in [0, 0.05) is 18.2 Å². The normalized spacial score (nSPS) is 21.4. The van der Waals surface area contributed by atoms with Gasteiger partial charge in [0.25, 0.3) is 0 Å². The Morgan fingerprint density at radius 1 is 1.16 bits per heavy atom. The first-order valence-electron chi connectivity index (χ1n) is 6.44. The molecule has 19 heavy (non-hydrogen) atoms. The van der Waals surface area contributed by atoms with Crippen molar-refractivity contribution < 1.29 is 9.84 Å². The minimum Gasteiger partial charge on any atom is -0.497 e. The number of hydrogen-bond donors (Lipinski definition) is 2. The number of fused-ring (bicyclic) bond motifs is 1. The number of rotatable bonds is 2. The maximum absolute atomic E-state index is 10.3. The first-order chi connectivity index (χ1) is 9.29. The van der Waals surface area contributed by atoms with Crippen molar-refractivity contribution in [3.8, 4) is 5.75 Å². The smallest absolute Gasteiger partial charge is 0.119 e. The van der Waals surface area contributed by atoms with Crippen molar-refractivity contribution in [3.63, 3.8) is 0 Å². The van der Waals surface area contributed by atoms with Gasteiger partial charge in [0.05, 0.1) is 13.2 Å². The van der Waals surface area contributed by atoms with E-state index in [2.05, 4.69) is 17.4 Å². The van der Waals surface area contributed by atoms with Crippen LogP contribution < -0.4 is 10.1 Å². The Hall–Kier alpha value is -2.00. The number of ether oxygens (including phenoxy) is 1. The highest BCUT2D eigenvalue weighted by molar-refractivity contribution is 5.60. The standard InChI is InChI=1S/C16H17NO2/c1-19-12-7-8-14-13(9-12)16(15(18)10-17-14)11-5-3-2-4-6-11/h2-9,15-18H,10H2,1H3/t15-,16-/m1/s1. The van der Waals surface area contributed by atoms with Gasteiger partial charge in [0.1, 0.15) is 5.75 Å². The summed E-state index contributed by atoms with van der Waals surface area (Å²) in [6.07, 6.45) is -0.429. The SMILES string of the molecule is COc1ccc2c(c1)[C@@H](c1ccccc1)[C@H](O)CN2. The number of aliphatic hydroxyl groups excluding tert-OH is 1. The van der Waals surface area contributed by atoms with Gasteiger partial charge in [-0.25, -0.2) is 0 Å². The van der Waals surface area contributed by atoms with E-state index in [9.17, 15) is 5.11 Å². The van der Waals surface area contributed by atoms with E-state index in [0.717, 1.165) is 22.6 Å². The Morgan fingerprint density at radius 2 is 1.95 bits per heavy atom. The van der Waals surface area contributed by atoms with Gasteiger partial charge in [0.15, 0.2) is 0 Å². The highest BCUT2D eigenvalue weighted by Gasteiger charge is 2.29. The molecule has 0 unspecified atom stereocenters. The second-order valence-corrected chi connectivity index (χ2v) is 4.79. The van der Waals surface area contributed by atoms with Crippen molar-refractivity contribution in [1.29, 1.82) is 0 Å². The van der Waals surface area contributed by atoms with E-state index in [1.165, 1.54) is 0 Å². The zero-order valence-electron chi connectivity index (χ0n) is 10.8. The van der Waals surface area contributed by atoms with E-state index in [1.54, 1.807) is 7.11 Å². The number of β-amino-alcohol motifs (C(OH)–C–C–N with tert-alkyl or cyclic N) is 1. The van der Waals surface area contributed by atoms with Crippen LogP contribution in [0.25, 0.3) is 0 Å². The molecule has 1 aliphatic rings. The molecule has 3 heteroatoms. The highest BCUT2D eigenvalue weighted by atomic mass is 16.5. The molecular weight excluding hydrogens is 238 g/mol. The zero-order chi connectivity index (χ0) is 13.2. The first kappa shape index (κ1) is 12.1. The number of aliphatic hydroxyl groups is 1. The van der Waals surface area contributed by atoms with Crippen molar-refractivity contribution >= 4 is 5.69 Å². The molecule has 0 aromatic heterocycles. The molecule has 0 aliphatic carbocycles. The minimum absolute atomic E-state index is 0.00690. The predicted octanol–water partition coefficient (Wildman–Crippen LogP) is 2.61. The molecule has 1 heterocycles. The highest BCUT2D eigenvalue weighted by Crippen LogP contribution is 2.38. The van der Waals surface area contributed by atoms with Gasteiger partial charge in [-0.2, -0.15) is 0 Å². The molecule has 0 spiro atoms. The topological polar surface area (TPSA) is 41.5 Å². The molecular formula is C16H17NO2. The van der Waals surface area contributed by atoms with Crippen molar-refractivity contribution in [3.05, 3.63) is 59.7 Å². The van der Waals surface area contributed by atoms with Gasteiger partial charge < -0.3 is 15.2 Å². The molecule has 0 saturated heterocycles. The van der Waals surface area contributed by atoms with E-state index in [1.807, 2.05) is 36.4 Å². The second kappa shape index (κ2) is 4.94. The lowest BCUT2D eigenvalue weighted by atomic mass is 9.83. The summed E-state index contributed by atoms with van der Waals surface area (Å²) in [7, 11) is 1.66. The fourth-order valence-electron chi connectivity index (χ4n) is 2.69. The van der Waals surface area contributed by atoms with Crippen LogP contribution in [0, 0.1) is 0 Å². The van der Waals surface area contributed by atoms with Crippen LogP contribution in [0.1, 0.15) is 17.0 Å². The van der Waals surface area contributed by atoms with Crippen molar-refractivity contribution in [2.45, 2.75) is 12.0 Å². The molecule has 0 saturated carbocycles. The molecule has 0 bridgehead atoms. The molecule has 2 N–H and O–H groups in total. The van der Waals surface area contributed by atoms with Gasteiger partial charge in [-0.15, -0.1) is 0 Å². The van der Waals surface area contributed by atoms with Crippen LogP contribution in [-0.2, 0) is 0 Å². The summed E-state index contributed by atoms with van der Waals surface area (Å²) in [6.45, 7) is 0.568. The summed E-state index contributed by atoms with van der Waals surface area (Å²) in [6, 6.07) is 16.1. The number of anilines is 1. The zero-order valence-corrected chi connectivity index (χ0v) is 10.8. The molecule has 2 aromatic rings. The van der Waals surface area contributed by atoms with Gasteiger partial charge >= 0.3 is 0 Å². The molecule has 2 atom stereocenters. The summed E-state index contributed by atoms with van der Waals surface area (Å²) in [5, 5.41) is 13.6. The Labute approximate surface area is 112 Å².